The van der Waals surface area contributed by atoms with Gasteiger partial charge in [0.15, 0.2) is 0 Å². The van der Waals surface area contributed by atoms with Crippen LogP contribution in [0.5, 0.6) is 0 Å². The lowest BCUT2D eigenvalue weighted by atomic mass is 10.2. The molecule has 3 aromatic rings. The van der Waals surface area contributed by atoms with E-state index >= 15 is 0 Å². The van der Waals surface area contributed by atoms with Gasteiger partial charge in [0.25, 0.3) is 5.91 Å². The van der Waals surface area contributed by atoms with Crippen molar-refractivity contribution in [3.05, 3.63) is 76.0 Å². The van der Waals surface area contributed by atoms with E-state index in [4.69, 9.17) is 11.6 Å². The molecule has 0 saturated carbocycles. The van der Waals surface area contributed by atoms with Gasteiger partial charge in [0, 0.05) is 29.7 Å². The number of benzene rings is 2. The standard InChI is InChI=1S/C20H18BrClN4O2/c21-15-12-24-26(13-15)18-5-2-1-4-17(18)25-19(27)6-3-11-23-20(28)14-7-9-16(22)10-8-14/h1-2,4-5,7-10,12-13H,3,6,11H2,(H,23,28)(H,25,27). The molecule has 0 unspecified atom stereocenters. The Hall–Kier alpha value is -2.64. The first-order valence-corrected chi connectivity index (χ1v) is 9.83. The second kappa shape index (κ2) is 9.52. The number of anilines is 1. The van der Waals surface area contributed by atoms with Crippen molar-refractivity contribution in [1.29, 1.82) is 0 Å². The molecule has 0 atom stereocenters. The predicted molar refractivity (Wildman–Crippen MR) is 113 cm³/mol. The van der Waals surface area contributed by atoms with Crippen molar-refractivity contribution in [2.24, 2.45) is 0 Å². The average Bonchev–Trinajstić information content (AvgIpc) is 3.12. The molecule has 144 valence electrons. The number of halogens is 2. The number of nitrogens with one attached hydrogen (secondary N) is 2. The Bertz CT molecular complexity index is 972. The molecule has 2 aromatic carbocycles. The fourth-order valence-corrected chi connectivity index (χ4v) is 2.99. The molecule has 0 spiro atoms. The van der Waals surface area contributed by atoms with Crippen LogP contribution in [0, 0.1) is 0 Å². The summed E-state index contributed by atoms with van der Waals surface area (Å²) in [6.07, 6.45) is 4.32. The first kappa shape index (κ1) is 20.1. The lowest BCUT2D eigenvalue weighted by Gasteiger charge is -2.11. The van der Waals surface area contributed by atoms with E-state index in [0.717, 1.165) is 10.2 Å². The molecule has 0 radical (unpaired) electrons. The number of hydrogen-bond acceptors (Lipinski definition) is 3. The van der Waals surface area contributed by atoms with Crippen LogP contribution in [0.3, 0.4) is 0 Å². The third-order valence-electron chi connectivity index (χ3n) is 3.95. The summed E-state index contributed by atoms with van der Waals surface area (Å²) in [6, 6.07) is 14.1. The monoisotopic (exact) mass is 460 g/mol. The van der Waals surface area contributed by atoms with Gasteiger partial charge < -0.3 is 10.6 Å². The number of amides is 2. The Labute approximate surface area is 176 Å². The van der Waals surface area contributed by atoms with Gasteiger partial charge in [0.05, 0.1) is 22.0 Å². The van der Waals surface area contributed by atoms with E-state index < -0.39 is 0 Å². The quantitative estimate of drug-likeness (QED) is 0.511. The molecule has 1 heterocycles. The Morgan fingerprint density at radius 3 is 2.57 bits per heavy atom. The van der Waals surface area contributed by atoms with Crippen LogP contribution in [0.25, 0.3) is 5.69 Å². The van der Waals surface area contributed by atoms with Crippen molar-refractivity contribution >= 4 is 45.0 Å². The molecule has 3 rings (SSSR count). The maximum atomic E-state index is 12.3. The van der Waals surface area contributed by atoms with Gasteiger partial charge in [0.2, 0.25) is 5.91 Å². The van der Waals surface area contributed by atoms with Gasteiger partial charge in [-0.2, -0.15) is 5.10 Å². The largest absolute Gasteiger partial charge is 0.352 e. The minimum absolute atomic E-state index is 0.126. The molecule has 2 N–H and O–H groups in total. The summed E-state index contributed by atoms with van der Waals surface area (Å²) >= 11 is 9.18. The molecule has 0 saturated heterocycles. The first-order chi connectivity index (χ1) is 13.5. The topological polar surface area (TPSA) is 76.0 Å². The number of rotatable bonds is 7. The summed E-state index contributed by atoms with van der Waals surface area (Å²) in [5.41, 5.74) is 1.99. The molecule has 6 nitrogen and oxygen atoms in total. The van der Waals surface area contributed by atoms with Crippen molar-refractivity contribution in [3.8, 4) is 5.69 Å². The van der Waals surface area contributed by atoms with Gasteiger partial charge in [-0.05, 0) is 58.7 Å². The first-order valence-electron chi connectivity index (χ1n) is 8.66. The van der Waals surface area contributed by atoms with Crippen LogP contribution >= 0.6 is 27.5 Å². The zero-order valence-corrected chi connectivity index (χ0v) is 17.2. The summed E-state index contributed by atoms with van der Waals surface area (Å²) in [4.78, 5) is 24.3. The van der Waals surface area contributed by atoms with E-state index in [1.165, 1.54) is 0 Å². The number of carbonyl (C=O) groups is 2. The van der Waals surface area contributed by atoms with E-state index in [1.54, 1.807) is 35.1 Å². The second-order valence-electron chi connectivity index (χ2n) is 6.03. The molecule has 0 aliphatic rings. The van der Waals surface area contributed by atoms with Gasteiger partial charge in [0.1, 0.15) is 0 Å². The molecule has 0 bridgehead atoms. The van der Waals surface area contributed by atoms with Crippen molar-refractivity contribution in [2.75, 3.05) is 11.9 Å². The SMILES string of the molecule is O=C(CCCNC(=O)c1ccc(Cl)cc1)Nc1ccccc1-n1cc(Br)cn1. The number of aromatic nitrogens is 2. The number of nitrogens with zero attached hydrogens (tertiary/aromatic N) is 2. The third kappa shape index (κ3) is 5.43. The summed E-state index contributed by atoms with van der Waals surface area (Å²) < 4.78 is 2.54. The van der Waals surface area contributed by atoms with Crippen molar-refractivity contribution < 1.29 is 9.59 Å². The van der Waals surface area contributed by atoms with E-state index in [9.17, 15) is 9.59 Å². The van der Waals surface area contributed by atoms with Crippen LogP contribution in [0.15, 0.2) is 65.4 Å². The molecule has 1 aromatic heterocycles. The van der Waals surface area contributed by atoms with Gasteiger partial charge >= 0.3 is 0 Å². The van der Waals surface area contributed by atoms with Crippen LogP contribution in [0.4, 0.5) is 5.69 Å². The highest BCUT2D eigenvalue weighted by Crippen LogP contribution is 2.21. The van der Waals surface area contributed by atoms with E-state index in [-0.39, 0.29) is 18.2 Å². The second-order valence-corrected chi connectivity index (χ2v) is 7.39. The molecule has 0 aliphatic carbocycles. The lowest BCUT2D eigenvalue weighted by molar-refractivity contribution is -0.116. The maximum absolute atomic E-state index is 12.3. The fourth-order valence-electron chi connectivity index (χ4n) is 2.58. The minimum Gasteiger partial charge on any atom is -0.352 e. The summed E-state index contributed by atoms with van der Waals surface area (Å²) in [5, 5.41) is 10.5. The van der Waals surface area contributed by atoms with Crippen molar-refractivity contribution in [2.45, 2.75) is 12.8 Å². The van der Waals surface area contributed by atoms with Gasteiger partial charge in [-0.25, -0.2) is 4.68 Å². The summed E-state index contributed by atoms with van der Waals surface area (Å²) in [5.74, 6) is -0.314. The Morgan fingerprint density at radius 2 is 1.86 bits per heavy atom. The van der Waals surface area contributed by atoms with Crippen LogP contribution in [-0.2, 0) is 4.79 Å². The van der Waals surface area contributed by atoms with E-state index in [2.05, 4.69) is 31.7 Å². The highest BCUT2D eigenvalue weighted by molar-refractivity contribution is 9.10. The van der Waals surface area contributed by atoms with Gasteiger partial charge in [-0.15, -0.1) is 0 Å². The zero-order chi connectivity index (χ0) is 19.9. The van der Waals surface area contributed by atoms with Crippen LogP contribution < -0.4 is 10.6 Å². The van der Waals surface area contributed by atoms with Gasteiger partial charge in [-0.3, -0.25) is 9.59 Å². The van der Waals surface area contributed by atoms with Crippen LogP contribution in [0.2, 0.25) is 5.02 Å². The maximum Gasteiger partial charge on any atom is 0.251 e. The van der Waals surface area contributed by atoms with Crippen molar-refractivity contribution in [1.82, 2.24) is 15.1 Å². The molecule has 8 heteroatoms. The molecule has 0 aliphatic heterocycles. The lowest BCUT2D eigenvalue weighted by Crippen LogP contribution is -2.25. The third-order valence-corrected chi connectivity index (χ3v) is 4.61. The average molecular weight is 462 g/mol. The predicted octanol–water partition coefficient (Wildman–Crippen LogP) is 4.44. The molecule has 2 amide bonds. The smallest absolute Gasteiger partial charge is 0.251 e. The Balaban J connectivity index is 1.49. The Morgan fingerprint density at radius 1 is 1.11 bits per heavy atom. The zero-order valence-electron chi connectivity index (χ0n) is 14.9. The minimum atomic E-state index is -0.188. The van der Waals surface area contributed by atoms with Crippen molar-refractivity contribution in [3.63, 3.8) is 0 Å². The number of carbonyl (C=O) groups excluding carboxylic acids is 2. The highest BCUT2D eigenvalue weighted by atomic mass is 79.9. The van der Waals surface area contributed by atoms with E-state index in [0.29, 0.717) is 29.2 Å². The number of para-hydroxylation sites is 2. The Kier molecular flexibility index (Phi) is 6.84. The van der Waals surface area contributed by atoms with Crippen LogP contribution in [0.1, 0.15) is 23.2 Å². The van der Waals surface area contributed by atoms with Crippen LogP contribution in [-0.4, -0.2) is 28.1 Å². The molecule has 28 heavy (non-hydrogen) atoms. The molecular weight excluding hydrogens is 444 g/mol. The normalized spacial score (nSPS) is 10.5. The fraction of sp³-hybridized carbons (Fsp3) is 0.150. The van der Waals surface area contributed by atoms with Gasteiger partial charge in [-0.1, -0.05) is 23.7 Å². The van der Waals surface area contributed by atoms with E-state index in [1.807, 2.05) is 30.5 Å². The molecular formula is C20H18BrClN4O2. The number of hydrogen-bond donors (Lipinski definition) is 2. The summed E-state index contributed by atoms with van der Waals surface area (Å²) in [6.45, 7) is 0.405. The molecule has 0 fully saturated rings. The summed E-state index contributed by atoms with van der Waals surface area (Å²) in [7, 11) is 0. The highest BCUT2D eigenvalue weighted by Gasteiger charge is 2.10.